The van der Waals surface area contributed by atoms with Gasteiger partial charge in [0.1, 0.15) is 17.2 Å². The fourth-order valence-electron chi connectivity index (χ4n) is 2.82. The van der Waals surface area contributed by atoms with E-state index in [0.717, 1.165) is 0 Å². The molecule has 0 aliphatic carbocycles. The van der Waals surface area contributed by atoms with Crippen LogP contribution in [0.3, 0.4) is 0 Å². The fraction of sp³-hybridized carbons (Fsp3) is 0.0952. The predicted octanol–water partition coefficient (Wildman–Crippen LogP) is 4.20. The average Bonchev–Trinajstić information content (AvgIpc) is 3.09. The topological polar surface area (TPSA) is 111 Å². The molecule has 0 saturated carbocycles. The Labute approximate surface area is 180 Å². The highest BCUT2D eigenvalue weighted by molar-refractivity contribution is 6.01. The Morgan fingerprint density at radius 2 is 1.78 bits per heavy atom. The number of carbonyl (C=O) groups is 2. The van der Waals surface area contributed by atoms with Crippen LogP contribution in [0.15, 0.2) is 60.8 Å². The van der Waals surface area contributed by atoms with Crippen molar-refractivity contribution in [3.8, 4) is 23.0 Å². The summed E-state index contributed by atoms with van der Waals surface area (Å²) in [5, 5.41) is 7.49. The minimum atomic E-state index is -3.79. The van der Waals surface area contributed by atoms with Crippen LogP contribution in [0.1, 0.15) is 10.5 Å². The number of hydrogen-bond acceptors (Lipinski definition) is 6. The largest absolute Gasteiger partial charge is 0.586 e. The molecule has 11 heteroatoms. The summed E-state index contributed by atoms with van der Waals surface area (Å²) < 4.78 is 41.0. The minimum Gasteiger partial charge on any atom is -0.457 e. The molecule has 3 amide bonds. The molecule has 1 aliphatic rings. The minimum absolute atomic E-state index is 0.0294. The van der Waals surface area contributed by atoms with Gasteiger partial charge < -0.3 is 30.2 Å². The van der Waals surface area contributed by atoms with Crippen LogP contribution < -0.4 is 30.2 Å². The maximum Gasteiger partial charge on any atom is 0.586 e. The Balaban J connectivity index is 1.38. The van der Waals surface area contributed by atoms with E-state index in [4.69, 9.17) is 4.74 Å². The molecule has 0 bridgehead atoms. The van der Waals surface area contributed by atoms with Crippen molar-refractivity contribution in [3.05, 3.63) is 66.5 Å². The predicted molar refractivity (Wildman–Crippen MR) is 109 cm³/mol. The number of aromatic nitrogens is 1. The Morgan fingerprint density at radius 3 is 2.53 bits per heavy atom. The van der Waals surface area contributed by atoms with Gasteiger partial charge in [-0.1, -0.05) is 6.07 Å². The molecule has 164 valence electrons. The number of nitrogens with zero attached hydrogens (tertiary/aromatic N) is 1. The van der Waals surface area contributed by atoms with E-state index in [1.54, 1.807) is 30.3 Å². The van der Waals surface area contributed by atoms with Crippen LogP contribution in [-0.4, -0.2) is 30.3 Å². The summed E-state index contributed by atoms with van der Waals surface area (Å²) in [4.78, 5) is 27.9. The normalized spacial score (nSPS) is 13.2. The van der Waals surface area contributed by atoms with Crippen molar-refractivity contribution >= 4 is 23.3 Å². The molecular formula is C21H16F2N4O5. The second-order valence-corrected chi connectivity index (χ2v) is 6.46. The number of ether oxygens (including phenoxy) is 3. The van der Waals surface area contributed by atoms with Gasteiger partial charge in [-0.05, 0) is 42.5 Å². The Hall–Kier alpha value is -4.41. The lowest BCUT2D eigenvalue weighted by atomic mass is 10.2. The third kappa shape index (κ3) is 4.67. The number of hydrogen-bond donors (Lipinski definition) is 3. The lowest BCUT2D eigenvalue weighted by Gasteiger charge is -2.11. The van der Waals surface area contributed by atoms with Gasteiger partial charge in [0.05, 0.1) is 5.69 Å². The molecule has 3 N–H and O–H groups in total. The van der Waals surface area contributed by atoms with Crippen LogP contribution in [0.4, 0.5) is 25.0 Å². The summed E-state index contributed by atoms with van der Waals surface area (Å²) in [6.45, 7) is 0. The van der Waals surface area contributed by atoms with Gasteiger partial charge >= 0.3 is 12.3 Å². The van der Waals surface area contributed by atoms with E-state index in [1.807, 2.05) is 0 Å². The zero-order chi connectivity index (χ0) is 22.7. The van der Waals surface area contributed by atoms with Gasteiger partial charge in [-0.2, -0.15) is 0 Å². The van der Waals surface area contributed by atoms with Crippen molar-refractivity contribution in [1.29, 1.82) is 0 Å². The zero-order valence-corrected chi connectivity index (χ0v) is 16.5. The number of para-hydroxylation sites is 1. The third-order valence-corrected chi connectivity index (χ3v) is 4.22. The summed E-state index contributed by atoms with van der Waals surface area (Å²) in [5.74, 6) is 0.0910. The lowest BCUT2D eigenvalue weighted by Crippen LogP contribution is -2.26. The number of amides is 3. The van der Waals surface area contributed by atoms with Gasteiger partial charge in [0.2, 0.25) is 0 Å². The molecule has 0 saturated heterocycles. The molecule has 0 spiro atoms. The van der Waals surface area contributed by atoms with Gasteiger partial charge in [-0.15, -0.1) is 8.78 Å². The second kappa shape index (κ2) is 8.38. The number of nitrogens with one attached hydrogen (secondary N) is 3. The lowest BCUT2D eigenvalue weighted by molar-refractivity contribution is -0.286. The number of rotatable bonds is 5. The fourth-order valence-corrected chi connectivity index (χ4v) is 2.82. The number of urea groups is 1. The molecule has 1 aliphatic heterocycles. The number of carbonyl (C=O) groups excluding carboxylic acids is 2. The van der Waals surface area contributed by atoms with Crippen LogP contribution in [0.25, 0.3) is 0 Å². The Morgan fingerprint density at radius 1 is 1.00 bits per heavy atom. The highest BCUT2D eigenvalue weighted by Crippen LogP contribution is 2.45. The van der Waals surface area contributed by atoms with Crippen LogP contribution in [0.2, 0.25) is 0 Å². The molecule has 2 aromatic carbocycles. The molecular weight excluding hydrogens is 426 g/mol. The highest BCUT2D eigenvalue weighted by atomic mass is 19.3. The molecule has 0 atom stereocenters. The van der Waals surface area contributed by atoms with Crippen molar-refractivity contribution in [1.82, 2.24) is 10.3 Å². The number of anilines is 2. The number of benzene rings is 2. The molecule has 32 heavy (non-hydrogen) atoms. The van der Waals surface area contributed by atoms with Crippen molar-refractivity contribution in [2.24, 2.45) is 0 Å². The first-order valence-electron chi connectivity index (χ1n) is 9.26. The summed E-state index contributed by atoms with van der Waals surface area (Å²) in [7, 11) is 1.50. The zero-order valence-electron chi connectivity index (χ0n) is 16.5. The maximum absolute atomic E-state index is 13.3. The van der Waals surface area contributed by atoms with Crippen LogP contribution >= 0.6 is 0 Å². The number of halogens is 2. The van der Waals surface area contributed by atoms with Gasteiger partial charge in [-0.25, -0.2) is 4.79 Å². The summed E-state index contributed by atoms with van der Waals surface area (Å²) >= 11 is 0. The third-order valence-electron chi connectivity index (χ3n) is 4.22. The van der Waals surface area contributed by atoms with Gasteiger partial charge in [0.25, 0.3) is 5.91 Å². The van der Waals surface area contributed by atoms with Gasteiger partial charge in [-0.3, -0.25) is 9.78 Å². The van der Waals surface area contributed by atoms with Crippen LogP contribution in [0.5, 0.6) is 23.0 Å². The van der Waals surface area contributed by atoms with E-state index in [1.165, 1.54) is 37.5 Å². The molecule has 0 unspecified atom stereocenters. The molecule has 1 aromatic heterocycles. The number of pyridine rings is 1. The summed E-state index contributed by atoms with van der Waals surface area (Å²) in [6.07, 6.45) is -2.34. The highest BCUT2D eigenvalue weighted by Gasteiger charge is 2.44. The van der Waals surface area contributed by atoms with E-state index >= 15 is 0 Å². The van der Waals surface area contributed by atoms with Crippen molar-refractivity contribution < 1.29 is 32.6 Å². The first kappa shape index (κ1) is 20.8. The Kier molecular flexibility index (Phi) is 5.46. The van der Waals surface area contributed by atoms with E-state index in [0.29, 0.717) is 17.2 Å². The number of alkyl halides is 2. The summed E-state index contributed by atoms with van der Waals surface area (Å²) in [5.41, 5.74) is 0.659. The SMILES string of the molecule is CNC(=O)c1cc(Oc2ccc(NC(=O)Nc3cccc4c3OC(F)(F)O4)cc2)ccn1. The molecule has 2 heterocycles. The molecule has 4 rings (SSSR count). The molecule has 3 aromatic rings. The van der Waals surface area contributed by atoms with E-state index in [-0.39, 0.29) is 28.8 Å². The monoisotopic (exact) mass is 442 g/mol. The van der Waals surface area contributed by atoms with Gasteiger partial charge in [0.15, 0.2) is 11.5 Å². The van der Waals surface area contributed by atoms with Crippen LogP contribution in [-0.2, 0) is 0 Å². The van der Waals surface area contributed by atoms with Gasteiger partial charge in [0, 0.05) is 25.0 Å². The first-order valence-corrected chi connectivity index (χ1v) is 9.26. The molecule has 0 fully saturated rings. The second-order valence-electron chi connectivity index (χ2n) is 6.46. The quantitative estimate of drug-likeness (QED) is 0.546. The molecule has 9 nitrogen and oxygen atoms in total. The van der Waals surface area contributed by atoms with Crippen LogP contribution in [0, 0.1) is 0 Å². The Bertz CT molecular complexity index is 1170. The standard InChI is InChI=1S/C21H16F2N4O5/c1-24-19(28)16-11-14(9-10-25-16)30-13-7-5-12(6-8-13)26-20(29)27-15-3-2-4-17-18(15)32-21(22,23)31-17/h2-11H,1H3,(H,24,28)(H2,26,27,29). The van der Waals surface area contributed by atoms with Crippen molar-refractivity contribution in [3.63, 3.8) is 0 Å². The van der Waals surface area contributed by atoms with E-state index in [2.05, 4.69) is 30.4 Å². The first-order chi connectivity index (χ1) is 15.3. The van der Waals surface area contributed by atoms with E-state index in [9.17, 15) is 18.4 Å². The van der Waals surface area contributed by atoms with Crippen molar-refractivity contribution in [2.75, 3.05) is 17.7 Å². The smallest absolute Gasteiger partial charge is 0.457 e. The van der Waals surface area contributed by atoms with E-state index < -0.39 is 12.3 Å². The average molecular weight is 442 g/mol. The molecule has 0 radical (unpaired) electrons. The van der Waals surface area contributed by atoms with Crippen molar-refractivity contribution in [2.45, 2.75) is 6.29 Å². The number of fused-ring (bicyclic) bond motifs is 1. The summed E-state index contributed by atoms with van der Waals surface area (Å²) in [6, 6.07) is 12.9. The maximum atomic E-state index is 13.3.